The van der Waals surface area contributed by atoms with Crippen molar-refractivity contribution in [3.63, 3.8) is 0 Å². The predicted octanol–water partition coefficient (Wildman–Crippen LogP) is 3.22. The van der Waals surface area contributed by atoms with Crippen molar-refractivity contribution in [1.29, 1.82) is 0 Å². The van der Waals surface area contributed by atoms with Gasteiger partial charge in [0.25, 0.3) is 5.91 Å². The van der Waals surface area contributed by atoms with Gasteiger partial charge in [-0.25, -0.2) is 0 Å². The number of ether oxygens (including phenoxy) is 3. The maximum Gasteiger partial charge on any atom is 0.254 e. The number of hydrogen-bond donors (Lipinski definition) is 1. The van der Waals surface area contributed by atoms with E-state index < -0.39 is 6.29 Å². The van der Waals surface area contributed by atoms with E-state index in [2.05, 4.69) is 11.4 Å². The van der Waals surface area contributed by atoms with Crippen LogP contribution >= 0.6 is 0 Å². The molecule has 1 saturated heterocycles. The molecule has 1 fully saturated rings. The average Bonchev–Trinajstić information content (AvgIpc) is 3.14. The number of pyridine rings is 1. The van der Waals surface area contributed by atoms with Crippen LogP contribution in [0.15, 0.2) is 48.5 Å². The van der Waals surface area contributed by atoms with E-state index in [0.29, 0.717) is 41.8 Å². The highest BCUT2D eigenvalue weighted by Crippen LogP contribution is 2.43. The van der Waals surface area contributed by atoms with E-state index >= 15 is 0 Å². The summed E-state index contributed by atoms with van der Waals surface area (Å²) in [6, 6.07) is 15.5. The Balaban J connectivity index is 1.45. The lowest BCUT2D eigenvalue weighted by Crippen LogP contribution is -2.49. The molecule has 1 atom stereocenters. The van der Waals surface area contributed by atoms with Crippen LogP contribution in [-0.2, 0) is 6.54 Å². The minimum Gasteiger partial charge on any atom is -0.493 e. The topological polar surface area (TPSA) is 72.9 Å². The first-order valence-corrected chi connectivity index (χ1v) is 10.5. The van der Waals surface area contributed by atoms with Gasteiger partial charge in [-0.3, -0.25) is 9.78 Å². The molecule has 0 spiro atoms. The minimum absolute atomic E-state index is 0.0777. The quantitative estimate of drug-likeness (QED) is 0.661. The Morgan fingerprint density at radius 1 is 1.19 bits per heavy atom. The zero-order valence-electron chi connectivity index (χ0n) is 17.6. The molecule has 0 aliphatic carbocycles. The van der Waals surface area contributed by atoms with Crippen LogP contribution in [0.2, 0.25) is 0 Å². The number of hydrogen-bond acceptors (Lipinski definition) is 6. The Bertz CT molecular complexity index is 1130. The molecule has 1 unspecified atom stereocenters. The van der Waals surface area contributed by atoms with Crippen LogP contribution in [-0.4, -0.2) is 48.8 Å². The standard InChI is InChI=1S/C24H25N3O4/c1-15-30-22-10-18(9-21(29-2)23(22)31-15)24(28)27(13-16-11-25-12-16)14-19-8-7-17-5-3-4-6-20(17)26-19/h3-10,15-16,25H,11-14H2,1-2H3. The predicted molar refractivity (Wildman–Crippen MR) is 117 cm³/mol. The second-order valence-electron chi connectivity index (χ2n) is 8.01. The molecule has 1 N–H and O–H groups in total. The van der Waals surface area contributed by atoms with Gasteiger partial charge < -0.3 is 24.4 Å². The summed E-state index contributed by atoms with van der Waals surface area (Å²) in [6.07, 6.45) is -0.409. The molecular weight excluding hydrogens is 394 g/mol. The Morgan fingerprint density at radius 3 is 2.81 bits per heavy atom. The molecule has 2 aliphatic rings. The summed E-state index contributed by atoms with van der Waals surface area (Å²) in [7, 11) is 1.56. The van der Waals surface area contributed by atoms with Gasteiger partial charge in [0.15, 0.2) is 11.5 Å². The summed E-state index contributed by atoms with van der Waals surface area (Å²) in [6.45, 7) is 4.73. The van der Waals surface area contributed by atoms with Crippen molar-refractivity contribution in [2.24, 2.45) is 5.92 Å². The molecule has 3 aromatic rings. The molecule has 7 heteroatoms. The SMILES string of the molecule is COc1cc(C(=O)N(Cc2ccc3ccccc3n2)CC2CNC2)cc2c1OC(C)O2. The highest BCUT2D eigenvalue weighted by atomic mass is 16.7. The zero-order chi connectivity index (χ0) is 21.4. The molecule has 5 rings (SSSR count). The minimum atomic E-state index is -0.409. The highest BCUT2D eigenvalue weighted by molar-refractivity contribution is 5.95. The van der Waals surface area contributed by atoms with Gasteiger partial charge in [-0.05, 0) is 24.3 Å². The number of nitrogens with zero attached hydrogens (tertiary/aromatic N) is 2. The lowest BCUT2D eigenvalue weighted by Gasteiger charge is -2.33. The Morgan fingerprint density at radius 2 is 2.03 bits per heavy atom. The summed E-state index contributed by atoms with van der Waals surface area (Å²) in [5, 5.41) is 4.37. The smallest absolute Gasteiger partial charge is 0.254 e. The molecule has 31 heavy (non-hydrogen) atoms. The van der Waals surface area contributed by atoms with E-state index in [1.54, 1.807) is 19.2 Å². The molecule has 2 aromatic carbocycles. The van der Waals surface area contributed by atoms with Gasteiger partial charge in [-0.15, -0.1) is 0 Å². The summed E-state index contributed by atoms with van der Waals surface area (Å²) < 4.78 is 16.8. The van der Waals surface area contributed by atoms with Crippen LogP contribution < -0.4 is 19.5 Å². The highest BCUT2D eigenvalue weighted by Gasteiger charge is 2.30. The van der Waals surface area contributed by atoms with Gasteiger partial charge in [-0.2, -0.15) is 0 Å². The molecule has 1 amide bonds. The fraction of sp³-hybridized carbons (Fsp3) is 0.333. The number of aromatic nitrogens is 1. The lowest BCUT2D eigenvalue weighted by molar-refractivity contribution is 0.0657. The molecule has 0 bridgehead atoms. The average molecular weight is 419 g/mol. The van der Waals surface area contributed by atoms with Crippen LogP contribution in [0.25, 0.3) is 10.9 Å². The molecule has 160 valence electrons. The van der Waals surface area contributed by atoms with Crippen LogP contribution in [0.3, 0.4) is 0 Å². The fourth-order valence-electron chi connectivity index (χ4n) is 4.01. The van der Waals surface area contributed by atoms with E-state index in [0.717, 1.165) is 29.7 Å². The molecular formula is C24H25N3O4. The van der Waals surface area contributed by atoms with Crippen molar-refractivity contribution in [3.8, 4) is 17.2 Å². The number of amides is 1. The molecule has 0 radical (unpaired) electrons. The third-order valence-corrected chi connectivity index (χ3v) is 5.71. The number of rotatable bonds is 6. The molecule has 7 nitrogen and oxygen atoms in total. The van der Waals surface area contributed by atoms with Gasteiger partial charge in [0.1, 0.15) is 0 Å². The number of para-hydroxylation sites is 1. The molecule has 0 saturated carbocycles. The van der Waals surface area contributed by atoms with Crippen molar-refractivity contribution in [1.82, 2.24) is 15.2 Å². The van der Waals surface area contributed by atoms with Crippen molar-refractivity contribution >= 4 is 16.8 Å². The van der Waals surface area contributed by atoms with Gasteiger partial charge in [-0.1, -0.05) is 24.3 Å². The zero-order valence-corrected chi connectivity index (χ0v) is 17.6. The number of benzene rings is 2. The Hall–Kier alpha value is -3.32. The number of carbonyl (C=O) groups is 1. The van der Waals surface area contributed by atoms with Crippen LogP contribution in [0.4, 0.5) is 0 Å². The van der Waals surface area contributed by atoms with Gasteiger partial charge >= 0.3 is 0 Å². The lowest BCUT2D eigenvalue weighted by atomic mass is 10.0. The molecule has 2 aliphatic heterocycles. The van der Waals surface area contributed by atoms with Crippen LogP contribution in [0, 0.1) is 5.92 Å². The monoisotopic (exact) mass is 419 g/mol. The number of nitrogens with one attached hydrogen (secondary N) is 1. The maximum atomic E-state index is 13.6. The second-order valence-corrected chi connectivity index (χ2v) is 8.01. The third kappa shape index (κ3) is 3.88. The van der Waals surface area contributed by atoms with Gasteiger partial charge in [0, 0.05) is 43.4 Å². The van der Waals surface area contributed by atoms with Gasteiger partial charge in [0.2, 0.25) is 12.0 Å². The van der Waals surface area contributed by atoms with Crippen molar-refractivity contribution in [2.45, 2.75) is 19.8 Å². The third-order valence-electron chi connectivity index (χ3n) is 5.71. The van der Waals surface area contributed by atoms with Crippen molar-refractivity contribution < 1.29 is 19.0 Å². The Labute approximate surface area is 180 Å². The van der Waals surface area contributed by atoms with E-state index in [4.69, 9.17) is 19.2 Å². The van der Waals surface area contributed by atoms with Crippen LogP contribution in [0.5, 0.6) is 17.2 Å². The van der Waals surface area contributed by atoms with E-state index in [1.165, 1.54) is 0 Å². The Kier molecular flexibility index (Phi) is 5.11. The fourth-order valence-corrected chi connectivity index (χ4v) is 4.01. The van der Waals surface area contributed by atoms with Gasteiger partial charge in [0.05, 0.1) is 24.9 Å². The second kappa shape index (κ2) is 8.07. The van der Waals surface area contributed by atoms with E-state index in [9.17, 15) is 4.79 Å². The van der Waals surface area contributed by atoms with E-state index in [-0.39, 0.29) is 5.91 Å². The van der Waals surface area contributed by atoms with Crippen molar-refractivity contribution in [2.75, 3.05) is 26.7 Å². The summed E-state index contributed by atoms with van der Waals surface area (Å²) in [4.78, 5) is 20.2. The molecule has 1 aromatic heterocycles. The van der Waals surface area contributed by atoms with E-state index in [1.807, 2.05) is 42.2 Å². The first-order chi connectivity index (χ1) is 15.1. The summed E-state index contributed by atoms with van der Waals surface area (Å²) in [5.74, 6) is 1.92. The van der Waals surface area contributed by atoms with Crippen LogP contribution in [0.1, 0.15) is 23.0 Å². The number of methoxy groups -OCH3 is 1. The summed E-state index contributed by atoms with van der Waals surface area (Å²) >= 11 is 0. The first-order valence-electron chi connectivity index (χ1n) is 10.5. The number of fused-ring (bicyclic) bond motifs is 2. The summed E-state index contributed by atoms with van der Waals surface area (Å²) in [5.41, 5.74) is 2.30. The largest absolute Gasteiger partial charge is 0.493 e. The molecule has 3 heterocycles. The normalized spacial score (nSPS) is 17.4. The van der Waals surface area contributed by atoms with Crippen molar-refractivity contribution in [3.05, 3.63) is 59.8 Å². The number of carbonyl (C=O) groups excluding carboxylic acids is 1. The maximum absolute atomic E-state index is 13.6. The first kappa shape index (κ1) is 19.6.